The Morgan fingerprint density at radius 1 is 1.40 bits per heavy atom. The van der Waals surface area contributed by atoms with Gasteiger partial charge in [0.25, 0.3) is 0 Å². The van der Waals surface area contributed by atoms with Crippen molar-refractivity contribution in [2.45, 2.75) is 43.2 Å². The van der Waals surface area contributed by atoms with Crippen LogP contribution in [0.3, 0.4) is 0 Å². The molecule has 9 heteroatoms. The van der Waals surface area contributed by atoms with Gasteiger partial charge in [0.2, 0.25) is 15.9 Å². The van der Waals surface area contributed by atoms with Crippen LogP contribution in [-0.2, 0) is 30.8 Å². The maximum absolute atomic E-state index is 12.1. The van der Waals surface area contributed by atoms with E-state index in [1.165, 1.54) is 31.3 Å². The number of rotatable bonds is 6. The van der Waals surface area contributed by atoms with Crippen molar-refractivity contribution in [2.75, 3.05) is 14.2 Å². The molecule has 138 valence electrons. The topological polar surface area (TPSA) is 116 Å². The quantitative estimate of drug-likeness (QED) is 0.726. The molecule has 1 aliphatic heterocycles. The number of nitrogens with two attached hydrogens (primary N) is 1. The molecular formula is C16H22N2O6S. The molecule has 0 saturated carbocycles. The molecule has 1 aromatic carbocycles. The summed E-state index contributed by atoms with van der Waals surface area (Å²) in [4.78, 5) is 25.4. The second kappa shape index (κ2) is 7.40. The minimum Gasteiger partial charge on any atom is -0.495 e. The van der Waals surface area contributed by atoms with E-state index in [1.807, 2.05) is 0 Å². The summed E-state index contributed by atoms with van der Waals surface area (Å²) in [6.07, 6.45) is 1.07. The van der Waals surface area contributed by atoms with Gasteiger partial charge in [-0.05, 0) is 37.5 Å². The molecule has 2 atom stereocenters. The first-order valence-corrected chi connectivity index (χ1v) is 9.32. The highest BCUT2D eigenvalue weighted by atomic mass is 32.2. The van der Waals surface area contributed by atoms with Gasteiger partial charge in [-0.3, -0.25) is 4.79 Å². The monoisotopic (exact) mass is 370 g/mol. The van der Waals surface area contributed by atoms with Crippen LogP contribution in [0, 0.1) is 0 Å². The molecule has 2 unspecified atom stereocenters. The van der Waals surface area contributed by atoms with E-state index in [2.05, 4.69) is 0 Å². The molecule has 0 radical (unpaired) electrons. The van der Waals surface area contributed by atoms with E-state index >= 15 is 0 Å². The first kappa shape index (κ1) is 19.2. The summed E-state index contributed by atoms with van der Waals surface area (Å²) in [7, 11) is -1.30. The van der Waals surface area contributed by atoms with Gasteiger partial charge in [-0.2, -0.15) is 0 Å². The van der Waals surface area contributed by atoms with E-state index in [0.29, 0.717) is 18.4 Å². The Morgan fingerprint density at radius 2 is 2.08 bits per heavy atom. The van der Waals surface area contributed by atoms with E-state index in [0.717, 1.165) is 0 Å². The van der Waals surface area contributed by atoms with Crippen LogP contribution in [0.15, 0.2) is 23.1 Å². The normalized spacial score (nSPS) is 19.0. The molecule has 1 fully saturated rings. The number of hydrogen-bond acceptors (Lipinski definition) is 6. The number of primary sulfonamides is 1. The minimum absolute atomic E-state index is 0.114. The van der Waals surface area contributed by atoms with Crippen LogP contribution < -0.4 is 9.88 Å². The van der Waals surface area contributed by atoms with Crippen LogP contribution in [-0.4, -0.2) is 51.5 Å². The zero-order valence-corrected chi connectivity index (χ0v) is 15.2. The minimum atomic E-state index is -3.94. The predicted molar refractivity (Wildman–Crippen MR) is 89.4 cm³/mol. The molecule has 1 aliphatic rings. The van der Waals surface area contributed by atoms with Crippen molar-refractivity contribution in [3.05, 3.63) is 23.8 Å². The number of benzene rings is 1. The average Bonchev–Trinajstić information content (AvgIpc) is 2.95. The van der Waals surface area contributed by atoms with E-state index in [4.69, 9.17) is 14.6 Å². The van der Waals surface area contributed by atoms with E-state index in [-0.39, 0.29) is 29.0 Å². The lowest BCUT2D eigenvalue weighted by atomic mass is 10.0. The van der Waals surface area contributed by atoms with Gasteiger partial charge in [-0.15, -0.1) is 0 Å². The van der Waals surface area contributed by atoms with Crippen LogP contribution in [0.2, 0.25) is 0 Å². The second-order valence-electron chi connectivity index (χ2n) is 5.96. The van der Waals surface area contributed by atoms with Crippen LogP contribution in [0.4, 0.5) is 0 Å². The maximum atomic E-state index is 12.1. The average molecular weight is 370 g/mol. The fraction of sp³-hybridized carbons (Fsp3) is 0.500. The number of carbonyl (C=O) groups is 2. The van der Waals surface area contributed by atoms with Gasteiger partial charge >= 0.3 is 5.97 Å². The van der Waals surface area contributed by atoms with Gasteiger partial charge in [0, 0.05) is 12.5 Å². The fourth-order valence-corrected chi connectivity index (χ4v) is 3.88. The molecule has 0 aliphatic carbocycles. The van der Waals surface area contributed by atoms with E-state index < -0.39 is 22.0 Å². The Bertz CT molecular complexity index is 777. The van der Waals surface area contributed by atoms with Gasteiger partial charge in [-0.1, -0.05) is 6.07 Å². The first-order chi connectivity index (χ1) is 11.7. The SMILES string of the molecule is COC(=O)C1CCC(=O)N1C(C)Cc1ccc(OC)c(S(N)(=O)=O)c1. The first-order valence-electron chi connectivity index (χ1n) is 7.77. The number of hydrogen-bond donors (Lipinski definition) is 1. The molecule has 0 bridgehead atoms. The van der Waals surface area contributed by atoms with Crippen molar-refractivity contribution in [3.63, 3.8) is 0 Å². The summed E-state index contributed by atoms with van der Waals surface area (Å²) >= 11 is 0. The number of sulfonamides is 1. The third kappa shape index (κ3) is 4.10. The van der Waals surface area contributed by atoms with Crippen molar-refractivity contribution in [1.29, 1.82) is 0 Å². The lowest BCUT2D eigenvalue weighted by Gasteiger charge is -2.29. The van der Waals surface area contributed by atoms with Crippen LogP contribution in [0.1, 0.15) is 25.3 Å². The highest BCUT2D eigenvalue weighted by Gasteiger charge is 2.39. The summed E-state index contributed by atoms with van der Waals surface area (Å²) in [6.45, 7) is 1.81. The summed E-state index contributed by atoms with van der Waals surface area (Å²) in [5.74, 6) is -0.413. The van der Waals surface area contributed by atoms with Gasteiger partial charge < -0.3 is 14.4 Å². The molecule has 2 rings (SSSR count). The summed E-state index contributed by atoms with van der Waals surface area (Å²) < 4.78 is 33.2. The smallest absolute Gasteiger partial charge is 0.328 e. The zero-order chi connectivity index (χ0) is 18.8. The molecule has 0 aromatic heterocycles. The van der Waals surface area contributed by atoms with Crippen LogP contribution in [0.25, 0.3) is 0 Å². The third-order valence-corrected chi connectivity index (χ3v) is 5.20. The van der Waals surface area contributed by atoms with Crippen molar-refractivity contribution >= 4 is 21.9 Å². The Kier molecular flexibility index (Phi) is 5.69. The Labute approximate surface area is 146 Å². The largest absolute Gasteiger partial charge is 0.495 e. The molecule has 1 heterocycles. The number of nitrogens with zero attached hydrogens (tertiary/aromatic N) is 1. The molecule has 2 N–H and O–H groups in total. The molecule has 1 amide bonds. The van der Waals surface area contributed by atoms with Crippen molar-refractivity contribution in [3.8, 4) is 5.75 Å². The van der Waals surface area contributed by atoms with E-state index in [1.54, 1.807) is 13.0 Å². The van der Waals surface area contributed by atoms with Gasteiger partial charge in [-0.25, -0.2) is 18.4 Å². The molecular weight excluding hydrogens is 348 g/mol. The standard InChI is InChI=1S/C16H22N2O6S/c1-10(18-12(16(20)24-3)5-7-15(18)19)8-11-4-6-13(23-2)14(9-11)25(17,21)22/h4,6,9-10,12H,5,7-8H2,1-3H3,(H2,17,21,22). The zero-order valence-electron chi connectivity index (χ0n) is 14.4. The van der Waals surface area contributed by atoms with Gasteiger partial charge in [0.1, 0.15) is 16.7 Å². The maximum Gasteiger partial charge on any atom is 0.328 e. The number of esters is 1. The van der Waals surface area contributed by atoms with Gasteiger partial charge in [0.15, 0.2) is 0 Å². The molecule has 8 nitrogen and oxygen atoms in total. The number of likely N-dealkylation sites (tertiary alicyclic amines) is 1. The number of ether oxygens (including phenoxy) is 2. The molecule has 25 heavy (non-hydrogen) atoms. The Morgan fingerprint density at radius 3 is 2.64 bits per heavy atom. The Balaban J connectivity index is 2.27. The predicted octanol–water partition coefficient (Wildman–Crippen LogP) is 0.438. The van der Waals surface area contributed by atoms with Crippen molar-refractivity contribution in [2.24, 2.45) is 5.14 Å². The molecule has 0 spiro atoms. The third-order valence-electron chi connectivity index (χ3n) is 4.27. The van der Waals surface area contributed by atoms with E-state index in [9.17, 15) is 18.0 Å². The lowest BCUT2D eigenvalue weighted by molar-refractivity contribution is -0.150. The Hall–Kier alpha value is -2.13. The van der Waals surface area contributed by atoms with Gasteiger partial charge in [0.05, 0.1) is 14.2 Å². The van der Waals surface area contributed by atoms with Crippen molar-refractivity contribution in [1.82, 2.24) is 4.90 Å². The van der Waals surface area contributed by atoms with Crippen molar-refractivity contribution < 1.29 is 27.5 Å². The molecule has 1 aromatic rings. The summed E-state index contributed by atoms with van der Waals surface area (Å²) in [5.41, 5.74) is 0.667. The number of amides is 1. The van der Waals surface area contributed by atoms with Crippen LogP contribution >= 0.6 is 0 Å². The summed E-state index contributed by atoms with van der Waals surface area (Å²) in [5, 5.41) is 5.22. The second-order valence-corrected chi connectivity index (χ2v) is 7.49. The highest BCUT2D eigenvalue weighted by molar-refractivity contribution is 7.89. The fourth-order valence-electron chi connectivity index (χ4n) is 3.13. The molecule has 1 saturated heterocycles. The lowest BCUT2D eigenvalue weighted by Crippen LogP contribution is -2.45. The number of methoxy groups -OCH3 is 2. The number of carbonyl (C=O) groups excluding carboxylic acids is 2. The summed E-state index contributed by atoms with van der Waals surface area (Å²) in [6, 6.07) is 3.74. The highest BCUT2D eigenvalue weighted by Crippen LogP contribution is 2.27. The van der Waals surface area contributed by atoms with Crippen LogP contribution in [0.5, 0.6) is 5.75 Å².